The molecular weight excluding hydrogens is 655 g/mol. The number of hydrogen-bond acceptors (Lipinski definition) is 2. The number of furan rings is 1. The van der Waals surface area contributed by atoms with E-state index in [2.05, 4.69) is 211 Å². The first-order valence-electron chi connectivity index (χ1n) is 18.4. The van der Waals surface area contributed by atoms with E-state index in [-0.39, 0.29) is 0 Å². The van der Waals surface area contributed by atoms with Gasteiger partial charge in [0.1, 0.15) is 5.58 Å². The van der Waals surface area contributed by atoms with E-state index < -0.39 is 0 Å². The first-order chi connectivity index (χ1) is 26.8. The van der Waals surface area contributed by atoms with Crippen molar-refractivity contribution in [3.63, 3.8) is 0 Å². The van der Waals surface area contributed by atoms with Gasteiger partial charge < -0.3 is 9.32 Å². The van der Waals surface area contributed by atoms with Crippen molar-refractivity contribution in [1.29, 1.82) is 0 Å². The molecule has 0 atom stereocenters. The highest BCUT2D eigenvalue weighted by Crippen LogP contribution is 2.49. The lowest BCUT2D eigenvalue weighted by molar-refractivity contribution is 0.669. The summed E-state index contributed by atoms with van der Waals surface area (Å²) in [7, 11) is 0. The van der Waals surface area contributed by atoms with Gasteiger partial charge in [-0.05, 0) is 74.7 Å². The van der Waals surface area contributed by atoms with Gasteiger partial charge in [-0.2, -0.15) is 0 Å². The van der Waals surface area contributed by atoms with Gasteiger partial charge in [-0.3, -0.25) is 0 Å². The SMILES string of the molecule is c1ccc(-c2ccc(-c3ccccc3-c3ccccc3N(c3cccc4ccccc34)c3cccc4c3oc3ccccc34)c(-c3ccccc3)c2)cc1. The lowest BCUT2D eigenvalue weighted by Gasteiger charge is -2.29. The summed E-state index contributed by atoms with van der Waals surface area (Å²) < 4.78 is 6.73. The van der Waals surface area contributed by atoms with Crippen LogP contribution in [0.5, 0.6) is 0 Å². The zero-order chi connectivity index (χ0) is 35.8. The van der Waals surface area contributed by atoms with E-state index in [9.17, 15) is 0 Å². The van der Waals surface area contributed by atoms with E-state index in [1.807, 2.05) is 6.07 Å². The number of fused-ring (bicyclic) bond motifs is 4. The van der Waals surface area contributed by atoms with Crippen molar-refractivity contribution in [3.8, 4) is 44.5 Å². The Morgan fingerprint density at radius 2 is 0.833 bits per heavy atom. The minimum Gasteiger partial charge on any atom is -0.454 e. The molecule has 0 fully saturated rings. The largest absolute Gasteiger partial charge is 0.454 e. The topological polar surface area (TPSA) is 16.4 Å². The van der Waals surface area contributed by atoms with Crippen LogP contribution in [0.25, 0.3) is 77.2 Å². The molecule has 0 aliphatic rings. The highest BCUT2D eigenvalue weighted by atomic mass is 16.3. The predicted molar refractivity (Wildman–Crippen MR) is 228 cm³/mol. The first-order valence-corrected chi connectivity index (χ1v) is 18.4. The molecule has 0 N–H and O–H groups in total. The number of para-hydroxylation sites is 3. The molecule has 0 unspecified atom stereocenters. The van der Waals surface area contributed by atoms with Crippen molar-refractivity contribution in [3.05, 3.63) is 212 Å². The molecule has 9 aromatic carbocycles. The van der Waals surface area contributed by atoms with Crippen molar-refractivity contribution >= 4 is 49.8 Å². The van der Waals surface area contributed by atoms with Crippen molar-refractivity contribution in [2.75, 3.05) is 4.90 Å². The van der Waals surface area contributed by atoms with E-state index in [4.69, 9.17) is 4.42 Å². The third-order valence-electron chi connectivity index (χ3n) is 10.5. The summed E-state index contributed by atoms with van der Waals surface area (Å²) >= 11 is 0. The maximum atomic E-state index is 6.73. The molecule has 0 spiro atoms. The van der Waals surface area contributed by atoms with Gasteiger partial charge in [-0.1, -0.05) is 182 Å². The molecule has 1 aromatic heterocycles. The van der Waals surface area contributed by atoms with Crippen LogP contribution >= 0.6 is 0 Å². The maximum Gasteiger partial charge on any atom is 0.159 e. The standard InChI is InChI=1S/C52H35NO/c1-3-17-36(18-4-1)39-33-34-43(47(35-39)38-19-5-2-6-20-38)41-24-9-10-25-42(41)44-26-11-13-29-49(44)53(48-30-15-22-37-21-7-8-23-40(37)48)50-31-16-28-46-45-27-12-14-32-51(45)54-52(46)50/h1-35H. The molecule has 0 saturated heterocycles. The highest BCUT2D eigenvalue weighted by molar-refractivity contribution is 6.12. The van der Waals surface area contributed by atoms with Gasteiger partial charge >= 0.3 is 0 Å². The monoisotopic (exact) mass is 689 g/mol. The zero-order valence-electron chi connectivity index (χ0n) is 29.6. The molecule has 0 saturated carbocycles. The Morgan fingerprint density at radius 3 is 1.65 bits per heavy atom. The summed E-state index contributed by atoms with van der Waals surface area (Å²) in [6.45, 7) is 0. The van der Waals surface area contributed by atoms with Crippen LogP contribution in [0.4, 0.5) is 17.1 Å². The van der Waals surface area contributed by atoms with E-state index in [0.29, 0.717) is 0 Å². The Balaban J connectivity index is 1.23. The molecule has 0 bridgehead atoms. The van der Waals surface area contributed by atoms with Crippen molar-refractivity contribution in [2.24, 2.45) is 0 Å². The lowest BCUT2D eigenvalue weighted by Crippen LogP contribution is -2.12. The van der Waals surface area contributed by atoms with Gasteiger partial charge in [0.2, 0.25) is 0 Å². The van der Waals surface area contributed by atoms with Crippen LogP contribution in [-0.2, 0) is 0 Å². The first kappa shape index (κ1) is 31.6. The van der Waals surface area contributed by atoms with E-state index in [1.165, 1.54) is 44.2 Å². The molecule has 254 valence electrons. The molecule has 0 aliphatic heterocycles. The average molecular weight is 690 g/mol. The van der Waals surface area contributed by atoms with Gasteiger partial charge in [-0.25, -0.2) is 0 Å². The highest BCUT2D eigenvalue weighted by Gasteiger charge is 2.24. The number of nitrogens with zero attached hydrogens (tertiary/aromatic N) is 1. The summed E-state index contributed by atoms with van der Waals surface area (Å²) in [5, 5.41) is 4.55. The summed E-state index contributed by atoms with van der Waals surface area (Å²) in [6.07, 6.45) is 0. The Bertz CT molecular complexity index is 2940. The minimum atomic E-state index is 0.859. The summed E-state index contributed by atoms with van der Waals surface area (Å²) in [6, 6.07) is 75.9. The predicted octanol–water partition coefficient (Wildman–Crippen LogP) is 14.9. The average Bonchev–Trinajstić information content (AvgIpc) is 3.64. The summed E-state index contributed by atoms with van der Waals surface area (Å²) in [4.78, 5) is 2.40. The molecule has 10 rings (SSSR count). The fourth-order valence-corrected chi connectivity index (χ4v) is 8.00. The Labute approximate surface area is 314 Å². The third kappa shape index (κ3) is 5.44. The minimum absolute atomic E-state index is 0.859. The number of anilines is 3. The summed E-state index contributed by atoms with van der Waals surface area (Å²) in [5.41, 5.74) is 14.3. The molecule has 54 heavy (non-hydrogen) atoms. The number of benzene rings is 9. The van der Waals surface area contributed by atoms with Crippen LogP contribution in [0.2, 0.25) is 0 Å². The molecule has 2 nitrogen and oxygen atoms in total. The van der Waals surface area contributed by atoms with Gasteiger partial charge in [0, 0.05) is 21.7 Å². The molecule has 1 heterocycles. The van der Waals surface area contributed by atoms with Crippen molar-refractivity contribution < 1.29 is 4.42 Å². The van der Waals surface area contributed by atoms with Crippen molar-refractivity contribution in [1.82, 2.24) is 0 Å². The second-order valence-electron chi connectivity index (χ2n) is 13.6. The third-order valence-corrected chi connectivity index (χ3v) is 10.5. The lowest BCUT2D eigenvalue weighted by atomic mass is 9.87. The molecular formula is C52H35NO. The van der Waals surface area contributed by atoms with Crippen LogP contribution in [0, 0.1) is 0 Å². The fraction of sp³-hybridized carbons (Fsp3) is 0. The molecule has 10 aromatic rings. The second-order valence-corrected chi connectivity index (χ2v) is 13.6. The maximum absolute atomic E-state index is 6.73. The van der Waals surface area contributed by atoms with Crippen LogP contribution in [0.15, 0.2) is 217 Å². The number of hydrogen-bond donors (Lipinski definition) is 0. The molecule has 0 aliphatic carbocycles. The van der Waals surface area contributed by atoms with Crippen LogP contribution in [0.3, 0.4) is 0 Å². The number of rotatable bonds is 7. The molecule has 2 heteroatoms. The van der Waals surface area contributed by atoms with Gasteiger partial charge in [0.05, 0.1) is 17.1 Å². The summed E-state index contributed by atoms with van der Waals surface area (Å²) in [5.74, 6) is 0. The zero-order valence-corrected chi connectivity index (χ0v) is 29.6. The van der Waals surface area contributed by atoms with E-state index >= 15 is 0 Å². The van der Waals surface area contributed by atoms with E-state index in [1.54, 1.807) is 0 Å². The molecule has 0 radical (unpaired) electrons. The van der Waals surface area contributed by atoms with Crippen molar-refractivity contribution in [2.45, 2.75) is 0 Å². The Kier molecular flexibility index (Phi) is 7.85. The second kappa shape index (κ2) is 13.4. The quantitative estimate of drug-likeness (QED) is 0.166. The van der Waals surface area contributed by atoms with Gasteiger partial charge in [0.25, 0.3) is 0 Å². The van der Waals surface area contributed by atoms with Gasteiger partial charge in [0.15, 0.2) is 5.58 Å². The smallest absolute Gasteiger partial charge is 0.159 e. The van der Waals surface area contributed by atoms with Crippen LogP contribution < -0.4 is 4.90 Å². The Morgan fingerprint density at radius 1 is 0.296 bits per heavy atom. The van der Waals surface area contributed by atoms with Crippen LogP contribution in [0.1, 0.15) is 0 Å². The van der Waals surface area contributed by atoms with Crippen LogP contribution in [-0.4, -0.2) is 0 Å². The normalized spacial score (nSPS) is 11.3. The fourth-order valence-electron chi connectivity index (χ4n) is 8.00. The van der Waals surface area contributed by atoms with E-state index in [0.717, 1.165) is 50.1 Å². The Hall–Kier alpha value is -7.16. The molecule has 0 amide bonds. The van der Waals surface area contributed by atoms with Gasteiger partial charge in [-0.15, -0.1) is 0 Å².